The molecule has 3 heterocycles. The molecule has 1 saturated heterocycles. The van der Waals surface area contributed by atoms with E-state index in [0.717, 1.165) is 53.5 Å². The standard InChI is InChI=1S/C19H19BrClN5O/c20-17-12-23-19(9-18(17)25-5-7-27-8-6-25)22-10-14-11-24-26(13-14)16-3-1-15(21)2-4-16/h1-4,9,11-13H,5-8,10H2,(H,22,23). The molecule has 140 valence electrons. The minimum absolute atomic E-state index is 0.644. The SMILES string of the molecule is Clc1ccc(-n2cc(CNc3cc(N4CCOCC4)c(Br)cn3)cn2)cc1. The summed E-state index contributed by atoms with van der Waals surface area (Å²) >= 11 is 9.54. The van der Waals surface area contributed by atoms with Crippen molar-refractivity contribution in [3.63, 3.8) is 0 Å². The highest BCUT2D eigenvalue weighted by Crippen LogP contribution is 2.28. The van der Waals surface area contributed by atoms with Crippen LogP contribution in [0.1, 0.15) is 5.56 Å². The van der Waals surface area contributed by atoms with Crippen LogP contribution in [0.5, 0.6) is 0 Å². The van der Waals surface area contributed by atoms with Gasteiger partial charge in [-0.05, 0) is 40.2 Å². The molecule has 0 spiro atoms. The van der Waals surface area contributed by atoms with Gasteiger partial charge < -0.3 is 15.0 Å². The summed E-state index contributed by atoms with van der Waals surface area (Å²) in [5.74, 6) is 0.832. The average Bonchev–Trinajstić information content (AvgIpc) is 3.17. The van der Waals surface area contributed by atoms with Crippen LogP contribution in [0.4, 0.5) is 11.5 Å². The largest absolute Gasteiger partial charge is 0.378 e. The molecule has 1 N–H and O–H groups in total. The van der Waals surface area contributed by atoms with Crippen LogP contribution in [0.2, 0.25) is 5.02 Å². The maximum absolute atomic E-state index is 5.94. The Labute approximate surface area is 171 Å². The molecule has 0 bridgehead atoms. The third kappa shape index (κ3) is 4.43. The van der Waals surface area contributed by atoms with Crippen LogP contribution >= 0.6 is 27.5 Å². The number of halogens is 2. The van der Waals surface area contributed by atoms with Gasteiger partial charge in [0.05, 0.1) is 35.3 Å². The minimum Gasteiger partial charge on any atom is -0.378 e. The van der Waals surface area contributed by atoms with Gasteiger partial charge in [-0.25, -0.2) is 9.67 Å². The molecule has 0 saturated carbocycles. The average molecular weight is 449 g/mol. The van der Waals surface area contributed by atoms with Crippen molar-refractivity contribution in [2.75, 3.05) is 36.5 Å². The van der Waals surface area contributed by atoms with Crippen LogP contribution in [-0.2, 0) is 11.3 Å². The second-order valence-electron chi connectivity index (χ2n) is 6.24. The molecule has 0 unspecified atom stereocenters. The van der Waals surface area contributed by atoms with E-state index in [4.69, 9.17) is 16.3 Å². The minimum atomic E-state index is 0.644. The number of morpholine rings is 1. The summed E-state index contributed by atoms with van der Waals surface area (Å²) in [5, 5.41) is 8.51. The number of nitrogens with one attached hydrogen (secondary N) is 1. The van der Waals surface area contributed by atoms with Gasteiger partial charge in [-0.2, -0.15) is 5.10 Å². The van der Waals surface area contributed by atoms with Crippen LogP contribution in [0, 0.1) is 0 Å². The molecule has 2 aromatic heterocycles. The number of aromatic nitrogens is 3. The van der Waals surface area contributed by atoms with E-state index in [1.54, 1.807) is 0 Å². The van der Waals surface area contributed by atoms with Crippen molar-refractivity contribution < 1.29 is 4.74 Å². The number of anilines is 2. The third-order valence-corrected chi connectivity index (χ3v) is 5.25. The molecular formula is C19H19BrClN5O. The number of hydrogen-bond acceptors (Lipinski definition) is 5. The van der Waals surface area contributed by atoms with Crippen LogP contribution in [0.3, 0.4) is 0 Å². The molecule has 1 aliphatic heterocycles. The van der Waals surface area contributed by atoms with Gasteiger partial charge in [0.2, 0.25) is 0 Å². The molecule has 0 amide bonds. The first-order chi connectivity index (χ1) is 13.2. The zero-order valence-corrected chi connectivity index (χ0v) is 16.9. The van der Waals surface area contributed by atoms with Crippen molar-refractivity contribution in [3.05, 3.63) is 64.0 Å². The fraction of sp³-hybridized carbons (Fsp3) is 0.263. The molecule has 1 aromatic carbocycles. The Kier molecular flexibility index (Phi) is 5.61. The topological polar surface area (TPSA) is 55.2 Å². The van der Waals surface area contributed by atoms with Crippen molar-refractivity contribution in [1.29, 1.82) is 0 Å². The molecule has 0 aliphatic carbocycles. The number of benzene rings is 1. The van der Waals surface area contributed by atoms with Gasteiger partial charge in [-0.1, -0.05) is 11.6 Å². The fourth-order valence-corrected chi connectivity index (χ4v) is 3.54. The lowest BCUT2D eigenvalue weighted by atomic mass is 10.3. The zero-order valence-electron chi connectivity index (χ0n) is 14.6. The van der Waals surface area contributed by atoms with Gasteiger partial charge in [-0.3, -0.25) is 0 Å². The summed E-state index contributed by atoms with van der Waals surface area (Å²) < 4.78 is 8.26. The summed E-state index contributed by atoms with van der Waals surface area (Å²) in [6.45, 7) is 3.92. The number of rotatable bonds is 5. The summed E-state index contributed by atoms with van der Waals surface area (Å²) in [7, 11) is 0. The Morgan fingerprint density at radius 1 is 1.15 bits per heavy atom. The summed E-state index contributed by atoms with van der Waals surface area (Å²) in [6, 6.07) is 9.67. The molecule has 4 rings (SSSR count). The number of hydrogen-bond donors (Lipinski definition) is 1. The lowest BCUT2D eigenvalue weighted by molar-refractivity contribution is 0.122. The molecule has 8 heteroatoms. The molecule has 0 radical (unpaired) electrons. The Bertz CT molecular complexity index is 909. The van der Waals surface area contributed by atoms with Crippen molar-refractivity contribution in [2.24, 2.45) is 0 Å². The van der Waals surface area contributed by atoms with Gasteiger partial charge in [0, 0.05) is 48.7 Å². The molecular weight excluding hydrogens is 430 g/mol. The Balaban J connectivity index is 1.43. The van der Waals surface area contributed by atoms with E-state index >= 15 is 0 Å². The first kappa shape index (κ1) is 18.3. The predicted octanol–water partition coefficient (Wildman–Crippen LogP) is 4.13. The van der Waals surface area contributed by atoms with Crippen molar-refractivity contribution in [1.82, 2.24) is 14.8 Å². The van der Waals surface area contributed by atoms with E-state index in [2.05, 4.69) is 42.3 Å². The van der Waals surface area contributed by atoms with E-state index in [1.165, 1.54) is 0 Å². The fourth-order valence-electron chi connectivity index (χ4n) is 2.95. The number of pyridine rings is 1. The maximum atomic E-state index is 5.94. The van der Waals surface area contributed by atoms with E-state index < -0.39 is 0 Å². The lowest BCUT2D eigenvalue weighted by Gasteiger charge is -2.29. The first-order valence-electron chi connectivity index (χ1n) is 8.71. The van der Waals surface area contributed by atoms with E-state index in [9.17, 15) is 0 Å². The maximum Gasteiger partial charge on any atom is 0.128 e. The van der Waals surface area contributed by atoms with Crippen LogP contribution in [0.25, 0.3) is 5.69 Å². The van der Waals surface area contributed by atoms with Crippen molar-refractivity contribution >= 4 is 39.0 Å². The quantitative estimate of drug-likeness (QED) is 0.636. The Morgan fingerprint density at radius 2 is 1.93 bits per heavy atom. The van der Waals surface area contributed by atoms with E-state index in [0.29, 0.717) is 11.6 Å². The summed E-state index contributed by atoms with van der Waals surface area (Å²) in [5.41, 5.74) is 3.18. The highest BCUT2D eigenvalue weighted by atomic mass is 79.9. The normalized spacial score (nSPS) is 14.4. The number of ether oxygens (including phenoxy) is 1. The lowest BCUT2D eigenvalue weighted by Crippen LogP contribution is -2.36. The molecule has 1 aliphatic rings. The van der Waals surface area contributed by atoms with Gasteiger partial charge >= 0.3 is 0 Å². The Hall–Kier alpha value is -2.09. The van der Waals surface area contributed by atoms with Crippen LogP contribution in [0.15, 0.2) is 53.4 Å². The molecule has 6 nitrogen and oxygen atoms in total. The van der Waals surface area contributed by atoms with Crippen LogP contribution in [-0.4, -0.2) is 41.1 Å². The van der Waals surface area contributed by atoms with Gasteiger partial charge in [0.15, 0.2) is 0 Å². The van der Waals surface area contributed by atoms with E-state index in [1.807, 2.05) is 47.5 Å². The first-order valence-corrected chi connectivity index (χ1v) is 9.88. The van der Waals surface area contributed by atoms with Crippen LogP contribution < -0.4 is 10.2 Å². The Morgan fingerprint density at radius 3 is 2.70 bits per heavy atom. The van der Waals surface area contributed by atoms with Gasteiger partial charge in [0.1, 0.15) is 5.82 Å². The predicted molar refractivity (Wildman–Crippen MR) is 111 cm³/mol. The highest BCUT2D eigenvalue weighted by molar-refractivity contribution is 9.10. The van der Waals surface area contributed by atoms with Crippen molar-refractivity contribution in [3.8, 4) is 5.69 Å². The van der Waals surface area contributed by atoms with Gasteiger partial charge in [0.25, 0.3) is 0 Å². The van der Waals surface area contributed by atoms with Crippen molar-refractivity contribution in [2.45, 2.75) is 6.54 Å². The van der Waals surface area contributed by atoms with Gasteiger partial charge in [-0.15, -0.1) is 0 Å². The molecule has 1 fully saturated rings. The number of nitrogens with zero attached hydrogens (tertiary/aromatic N) is 4. The molecule has 3 aromatic rings. The summed E-state index contributed by atoms with van der Waals surface area (Å²) in [6.07, 6.45) is 5.69. The highest BCUT2D eigenvalue weighted by Gasteiger charge is 2.15. The second kappa shape index (κ2) is 8.29. The zero-order chi connectivity index (χ0) is 18.6. The molecule has 27 heavy (non-hydrogen) atoms. The summed E-state index contributed by atoms with van der Waals surface area (Å²) in [4.78, 5) is 6.77. The second-order valence-corrected chi connectivity index (χ2v) is 7.53. The molecule has 0 atom stereocenters. The monoisotopic (exact) mass is 447 g/mol. The third-order valence-electron chi connectivity index (χ3n) is 4.39. The smallest absolute Gasteiger partial charge is 0.128 e. The van der Waals surface area contributed by atoms with E-state index in [-0.39, 0.29) is 0 Å².